The molecule has 4 heterocycles. The molecular weight excluding hydrogens is 499 g/mol. The second kappa shape index (κ2) is 10.5. The van der Waals surface area contributed by atoms with Crippen molar-refractivity contribution in [1.82, 2.24) is 24.6 Å². The summed E-state index contributed by atoms with van der Waals surface area (Å²) in [5.74, 6) is 1.45. The van der Waals surface area contributed by atoms with Gasteiger partial charge in [-0.25, -0.2) is 14.6 Å². The third-order valence-corrected chi connectivity index (χ3v) is 8.21. The van der Waals surface area contributed by atoms with E-state index in [1.807, 2.05) is 29.9 Å². The van der Waals surface area contributed by atoms with E-state index in [2.05, 4.69) is 16.7 Å². The van der Waals surface area contributed by atoms with E-state index in [0.29, 0.717) is 21.9 Å². The highest BCUT2D eigenvalue weighted by atomic mass is 35.5. The first-order valence-corrected chi connectivity index (χ1v) is 13.4. The lowest BCUT2D eigenvalue weighted by Gasteiger charge is -2.47. The van der Waals surface area contributed by atoms with Crippen molar-refractivity contribution in [1.29, 1.82) is 0 Å². The minimum Gasteiger partial charge on any atom is -0.481 e. The molecule has 0 saturated carbocycles. The number of nitrogens with zero attached hydrogens (tertiary/aromatic N) is 6. The summed E-state index contributed by atoms with van der Waals surface area (Å²) in [6, 6.07) is 5.41. The van der Waals surface area contributed by atoms with E-state index in [1.54, 1.807) is 6.07 Å². The Morgan fingerprint density at radius 3 is 2.78 bits per heavy atom. The summed E-state index contributed by atoms with van der Waals surface area (Å²) in [5, 5.41) is 14.9. The molecule has 5 rings (SSSR count). The second-order valence-electron chi connectivity index (χ2n) is 10.1. The van der Waals surface area contributed by atoms with Gasteiger partial charge in [0.2, 0.25) is 0 Å². The van der Waals surface area contributed by atoms with Crippen molar-refractivity contribution in [3.63, 3.8) is 0 Å². The Balaban J connectivity index is 1.27. The molecule has 2 fully saturated rings. The van der Waals surface area contributed by atoms with E-state index >= 15 is 0 Å². The fraction of sp³-hybridized carbons (Fsp3) is 0.538. The summed E-state index contributed by atoms with van der Waals surface area (Å²) in [7, 11) is 0. The van der Waals surface area contributed by atoms with Gasteiger partial charge in [-0.15, -0.1) is 0 Å². The highest BCUT2D eigenvalue weighted by Crippen LogP contribution is 2.35. The predicted molar refractivity (Wildman–Crippen MR) is 142 cm³/mol. The van der Waals surface area contributed by atoms with Crippen molar-refractivity contribution < 1.29 is 9.90 Å². The van der Waals surface area contributed by atoms with Crippen LogP contribution in [0.5, 0.6) is 0 Å². The van der Waals surface area contributed by atoms with E-state index in [-0.39, 0.29) is 12.5 Å². The first-order valence-electron chi connectivity index (χ1n) is 12.7. The Morgan fingerprint density at radius 2 is 2.03 bits per heavy atom. The Kier molecular flexibility index (Phi) is 7.37. The standard InChI is InChI=1S/C26H32Cl2N6O2/c1-16-25-26(34(31-16)17(2)21-8-7-20(27)11-22(21)28)30-23(12-29-25)33-14-19(15-33)18-5-3-9-32(13-18)10-4-6-24(35)36/h7-8,11-12,17-19H,3-6,9-10,13-15H2,1-2H3,(H,35,36)/t17-,18+/m1/s1. The number of carboxylic acids is 1. The number of carboxylic acid groups (broad SMARTS) is 1. The predicted octanol–water partition coefficient (Wildman–Crippen LogP) is 5.06. The number of piperidine rings is 1. The zero-order chi connectivity index (χ0) is 25.4. The number of halogens is 2. The lowest BCUT2D eigenvalue weighted by molar-refractivity contribution is -0.137. The van der Waals surface area contributed by atoms with Crippen molar-refractivity contribution in [3.05, 3.63) is 45.7 Å². The fourth-order valence-electron chi connectivity index (χ4n) is 5.57. The minimum atomic E-state index is -0.710. The number of aryl methyl sites for hydroxylation is 1. The highest BCUT2D eigenvalue weighted by molar-refractivity contribution is 6.35. The third-order valence-electron chi connectivity index (χ3n) is 7.65. The van der Waals surface area contributed by atoms with E-state index < -0.39 is 5.97 Å². The van der Waals surface area contributed by atoms with Crippen LogP contribution >= 0.6 is 23.2 Å². The first-order chi connectivity index (χ1) is 17.3. The molecular formula is C26H32Cl2N6O2. The second-order valence-corrected chi connectivity index (χ2v) is 11.0. The number of rotatable bonds is 8. The largest absolute Gasteiger partial charge is 0.481 e. The average molecular weight is 531 g/mol. The molecule has 3 aromatic rings. The topological polar surface area (TPSA) is 87.4 Å². The quantitative estimate of drug-likeness (QED) is 0.435. The van der Waals surface area contributed by atoms with Crippen LogP contribution in [0.15, 0.2) is 24.4 Å². The van der Waals surface area contributed by atoms with Gasteiger partial charge in [-0.1, -0.05) is 29.3 Å². The van der Waals surface area contributed by atoms with Gasteiger partial charge in [-0.3, -0.25) is 4.79 Å². The van der Waals surface area contributed by atoms with Gasteiger partial charge in [0.15, 0.2) is 5.65 Å². The molecule has 0 amide bonds. The third kappa shape index (κ3) is 5.17. The van der Waals surface area contributed by atoms with Crippen molar-refractivity contribution in [2.75, 3.05) is 37.6 Å². The normalized spacial score (nSPS) is 20.0. The maximum atomic E-state index is 10.8. The van der Waals surface area contributed by atoms with Crippen LogP contribution in [0.3, 0.4) is 0 Å². The number of aliphatic carboxylic acids is 1. The number of anilines is 1. The molecule has 2 saturated heterocycles. The van der Waals surface area contributed by atoms with Crippen LogP contribution in [0.4, 0.5) is 5.82 Å². The van der Waals surface area contributed by atoms with Gasteiger partial charge in [-0.05, 0) is 75.7 Å². The Labute approximate surface area is 221 Å². The van der Waals surface area contributed by atoms with Crippen molar-refractivity contribution in [2.24, 2.45) is 11.8 Å². The molecule has 2 aliphatic rings. The number of hydrogen-bond acceptors (Lipinski definition) is 6. The molecule has 0 bridgehead atoms. The summed E-state index contributed by atoms with van der Waals surface area (Å²) in [4.78, 5) is 25.3. The average Bonchev–Trinajstić information content (AvgIpc) is 3.14. The molecule has 0 aliphatic carbocycles. The van der Waals surface area contributed by atoms with E-state index in [1.165, 1.54) is 12.8 Å². The Hall–Kier alpha value is -2.42. The van der Waals surface area contributed by atoms with Crippen molar-refractivity contribution >= 4 is 46.2 Å². The van der Waals surface area contributed by atoms with Crippen molar-refractivity contribution in [2.45, 2.75) is 45.6 Å². The Morgan fingerprint density at radius 1 is 1.22 bits per heavy atom. The lowest BCUT2D eigenvalue weighted by atomic mass is 9.80. The minimum absolute atomic E-state index is 0.117. The molecule has 2 aromatic heterocycles. The number of aromatic nitrogens is 4. The highest BCUT2D eigenvalue weighted by Gasteiger charge is 2.36. The number of fused-ring (bicyclic) bond motifs is 1. The first kappa shape index (κ1) is 25.2. The van der Waals surface area contributed by atoms with Crippen LogP contribution in [-0.4, -0.2) is 68.4 Å². The molecule has 8 nitrogen and oxygen atoms in total. The molecule has 0 radical (unpaired) electrons. The molecule has 1 aromatic carbocycles. The molecule has 192 valence electrons. The van der Waals surface area contributed by atoms with E-state index in [0.717, 1.165) is 67.4 Å². The summed E-state index contributed by atoms with van der Waals surface area (Å²) in [5.41, 5.74) is 3.34. The monoisotopic (exact) mass is 530 g/mol. The van der Waals surface area contributed by atoms with Crippen LogP contribution < -0.4 is 4.90 Å². The van der Waals surface area contributed by atoms with Gasteiger partial charge in [0, 0.05) is 36.1 Å². The van der Waals surface area contributed by atoms with Crippen LogP contribution in [0.1, 0.15) is 49.9 Å². The van der Waals surface area contributed by atoms with Gasteiger partial charge in [0.05, 0.1) is 17.9 Å². The van der Waals surface area contributed by atoms with Gasteiger partial charge in [-0.2, -0.15) is 5.10 Å². The smallest absolute Gasteiger partial charge is 0.303 e. The Bertz CT molecular complexity index is 1260. The van der Waals surface area contributed by atoms with Crippen LogP contribution in [0.25, 0.3) is 11.2 Å². The van der Waals surface area contributed by atoms with Gasteiger partial charge in [0.1, 0.15) is 11.3 Å². The van der Waals surface area contributed by atoms with E-state index in [4.69, 9.17) is 43.4 Å². The fourth-order valence-corrected chi connectivity index (χ4v) is 6.13. The van der Waals surface area contributed by atoms with E-state index in [9.17, 15) is 4.79 Å². The van der Waals surface area contributed by atoms with Gasteiger partial charge >= 0.3 is 5.97 Å². The maximum Gasteiger partial charge on any atom is 0.303 e. The number of hydrogen-bond donors (Lipinski definition) is 1. The van der Waals surface area contributed by atoms with Crippen LogP contribution in [-0.2, 0) is 4.79 Å². The maximum absolute atomic E-state index is 10.8. The molecule has 2 atom stereocenters. The number of carbonyl (C=O) groups is 1. The molecule has 36 heavy (non-hydrogen) atoms. The number of likely N-dealkylation sites (tertiary alicyclic amines) is 1. The van der Waals surface area contributed by atoms with Crippen molar-refractivity contribution in [3.8, 4) is 0 Å². The summed E-state index contributed by atoms with van der Waals surface area (Å²) in [6.07, 6.45) is 5.25. The number of benzene rings is 1. The summed E-state index contributed by atoms with van der Waals surface area (Å²) >= 11 is 12.6. The SMILES string of the molecule is Cc1nn([C@H](C)c2ccc(Cl)cc2Cl)c2nc(N3CC([C@H]4CCCN(CCCC(=O)O)C4)C3)cnc12. The van der Waals surface area contributed by atoms with Crippen LogP contribution in [0, 0.1) is 18.8 Å². The zero-order valence-corrected chi connectivity index (χ0v) is 22.2. The lowest BCUT2D eigenvalue weighted by Crippen LogP contribution is -2.54. The summed E-state index contributed by atoms with van der Waals surface area (Å²) in [6.45, 7) is 8.97. The van der Waals surface area contributed by atoms with Gasteiger partial charge < -0.3 is 14.9 Å². The van der Waals surface area contributed by atoms with Crippen LogP contribution in [0.2, 0.25) is 10.0 Å². The molecule has 1 N–H and O–H groups in total. The summed E-state index contributed by atoms with van der Waals surface area (Å²) < 4.78 is 1.91. The zero-order valence-electron chi connectivity index (χ0n) is 20.7. The molecule has 2 aliphatic heterocycles. The molecule has 10 heteroatoms. The molecule has 0 unspecified atom stereocenters. The molecule has 0 spiro atoms. The van der Waals surface area contributed by atoms with Gasteiger partial charge in [0.25, 0.3) is 0 Å².